The molecule has 98 valence electrons. The Labute approximate surface area is 110 Å². The van der Waals surface area contributed by atoms with Crippen LogP contribution in [0, 0.1) is 19.8 Å². The molecule has 1 aromatic carbocycles. The third-order valence-electron chi connectivity index (χ3n) is 2.81. The minimum Gasteiger partial charge on any atom is -0.398 e. The van der Waals surface area contributed by atoms with Crippen LogP contribution in [0.15, 0.2) is 30.3 Å². The monoisotopic (exact) mass is 259 g/mol. The predicted octanol–water partition coefficient (Wildman–Crippen LogP) is 2.67. The fourth-order valence-corrected chi connectivity index (χ4v) is 1.78. The van der Waals surface area contributed by atoms with E-state index < -0.39 is 5.95 Å². The van der Waals surface area contributed by atoms with Gasteiger partial charge in [-0.15, -0.1) is 0 Å². The Kier molecular flexibility index (Phi) is 3.46. The van der Waals surface area contributed by atoms with Gasteiger partial charge in [-0.1, -0.05) is 12.1 Å². The van der Waals surface area contributed by atoms with Gasteiger partial charge in [0, 0.05) is 11.3 Å². The van der Waals surface area contributed by atoms with Crippen LogP contribution >= 0.6 is 0 Å². The van der Waals surface area contributed by atoms with Crippen LogP contribution in [-0.4, -0.2) is 10.9 Å². The first-order valence-corrected chi connectivity index (χ1v) is 5.78. The number of pyridine rings is 1. The van der Waals surface area contributed by atoms with Crippen molar-refractivity contribution in [2.24, 2.45) is 0 Å². The van der Waals surface area contributed by atoms with Gasteiger partial charge in [0.15, 0.2) is 0 Å². The molecule has 0 fully saturated rings. The van der Waals surface area contributed by atoms with Crippen molar-refractivity contribution < 1.29 is 9.18 Å². The van der Waals surface area contributed by atoms with Crippen molar-refractivity contribution in [2.75, 3.05) is 11.1 Å². The molecule has 0 saturated heterocycles. The lowest BCUT2D eigenvalue weighted by Gasteiger charge is -2.09. The molecule has 0 bridgehead atoms. The van der Waals surface area contributed by atoms with E-state index in [1.54, 1.807) is 6.07 Å². The third kappa shape index (κ3) is 2.88. The molecule has 1 amide bonds. The number of carbonyl (C=O) groups excluding carboxylic acids is 1. The van der Waals surface area contributed by atoms with Gasteiger partial charge in [0.25, 0.3) is 5.91 Å². The fraction of sp³-hybridized carbons (Fsp3) is 0.143. The smallest absolute Gasteiger partial charge is 0.257 e. The van der Waals surface area contributed by atoms with E-state index in [1.165, 1.54) is 18.2 Å². The topological polar surface area (TPSA) is 68.0 Å². The van der Waals surface area contributed by atoms with Gasteiger partial charge in [0.2, 0.25) is 5.95 Å². The Morgan fingerprint density at radius 3 is 2.68 bits per heavy atom. The molecule has 0 aliphatic carbocycles. The highest BCUT2D eigenvalue weighted by Crippen LogP contribution is 2.18. The summed E-state index contributed by atoms with van der Waals surface area (Å²) in [6, 6.07) is 7.66. The van der Waals surface area contributed by atoms with Crippen LogP contribution in [-0.2, 0) is 0 Å². The predicted molar refractivity (Wildman–Crippen MR) is 72.5 cm³/mol. The fourth-order valence-electron chi connectivity index (χ4n) is 1.78. The maximum absolute atomic E-state index is 12.9. The number of nitrogens with two attached hydrogens (primary N) is 1. The number of hydrogen-bond acceptors (Lipinski definition) is 3. The molecule has 1 aromatic heterocycles. The molecule has 0 saturated carbocycles. The van der Waals surface area contributed by atoms with Gasteiger partial charge in [-0.2, -0.15) is 4.39 Å². The van der Waals surface area contributed by atoms with Crippen molar-refractivity contribution in [2.45, 2.75) is 13.8 Å². The Hall–Kier alpha value is -2.43. The van der Waals surface area contributed by atoms with Crippen molar-refractivity contribution >= 4 is 17.4 Å². The molecular formula is C14H14FN3O. The number of nitrogens with one attached hydrogen (secondary N) is 1. The van der Waals surface area contributed by atoms with Gasteiger partial charge in [-0.3, -0.25) is 4.79 Å². The summed E-state index contributed by atoms with van der Waals surface area (Å²) in [4.78, 5) is 15.7. The first-order chi connectivity index (χ1) is 8.97. The van der Waals surface area contributed by atoms with Gasteiger partial charge in [0.05, 0.1) is 0 Å². The molecule has 0 spiro atoms. The van der Waals surface area contributed by atoms with Crippen LogP contribution in [0.4, 0.5) is 15.9 Å². The van der Waals surface area contributed by atoms with E-state index in [9.17, 15) is 9.18 Å². The number of halogens is 1. The summed E-state index contributed by atoms with van der Waals surface area (Å²) >= 11 is 0. The van der Waals surface area contributed by atoms with Gasteiger partial charge >= 0.3 is 0 Å². The number of nitrogen functional groups attached to an aromatic ring is 1. The van der Waals surface area contributed by atoms with Crippen molar-refractivity contribution in [3.8, 4) is 0 Å². The number of benzene rings is 1. The second-order valence-electron chi connectivity index (χ2n) is 4.32. The van der Waals surface area contributed by atoms with Crippen LogP contribution in [0.5, 0.6) is 0 Å². The summed E-state index contributed by atoms with van der Waals surface area (Å²) in [6.45, 7) is 3.69. The Balaban J connectivity index is 2.28. The van der Waals surface area contributed by atoms with Crippen molar-refractivity contribution in [3.05, 3.63) is 53.0 Å². The molecule has 3 N–H and O–H groups in total. The molecule has 0 atom stereocenters. The largest absolute Gasteiger partial charge is 0.398 e. The molecular weight excluding hydrogens is 245 g/mol. The summed E-state index contributed by atoms with van der Waals surface area (Å²) in [7, 11) is 0. The van der Waals surface area contributed by atoms with Crippen LogP contribution in [0.1, 0.15) is 21.5 Å². The lowest BCUT2D eigenvalue weighted by molar-refractivity contribution is 0.102. The van der Waals surface area contributed by atoms with Crippen molar-refractivity contribution in [1.82, 2.24) is 4.98 Å². The zero-order valence-corrected chi connectivity index (χ0v) is 10.7. The van der Waals surface area contributed by atoms with Gasteiger partial charge in [-0.25, -0.2) is 4.98 Å². The van der Waals surface area contributed by atoms with Gasteiger partial charge in [-0.05, 0) is 43.2 Å². The Bertz CT molecular complexity index is 641. The highest BCUT2D eigenvalue weighted by molar-refractivity contribution is 6.05. The third-order valence-corrected chi connectivity index (χ3v) is 2.81. The SMILES string of the molecule is Cc1cc(C)c(C(=O)Nc2cccc(F)n2)cc1N. The summed E-state index contributed by atoms with van der Waals surface area (Å²) in [5.74, 6) is -0.830. The van der Waals surface area contributed by atoms with E-state index in [4.69, 9.17) is 5.73 Å². The maximum Gasteiger partial charge on any atom is 0.257 e. The average molecular weight is 259 g/mol. The van der Waals surface area contributed by atoms with E-state index in [-0.39, 0.29) is 11.7 Å². The molecule has 1 heterocycles. The number of hydrogen-bond donors (Lipinski definition) is 2. The number of rotatable bonds is 2. The minimum absolute atomic E-state index is 0.170. The highest BCUT2D eigenvalue weighted by atomic mass is 19.1. The van der Waals surface area contributed by atoms with E-state index in [0.717, 1.165) is 11.1 Å². The van der Waals surface area contributed by atoms with Crippen molar-refractivity contribution in [1.29, 1.82) is 0 Å². The molecule has 0 unspecified atom stereocenters. The van der Waals surface area contributed by atoms with E-state index in [2.05, 4.69) is 10.3 Å². The molecule has 2 aromatic rings. The lowest BCUT2D eigenvalue weighted by atomic mass is 10.0. The normalized spacial score (nSPS) is 10.3. The van der Waals surface area contributed by atoms with E-state index >= 15 is 0 Å². The lowest BCUT2D eigenvalue weighted by Crippen LogP contribution is -2.15. The second kappa shape index (κ2) is 5.06. The molecule has 0 radical (unpaired) electrons. The number of aromatic nitrogens is 1. The maximum atomic E-state index is 12.9. The van der Waals surface area contributed by atoms with Gasteiger partial charge < -0.3 is 11.1 Å². The first kappa shape index (κ1) is 13.0. The van der Waals surface area contributed by atoms with Crippen LogP contribution in [0.25, 0.3) is 0 Å². The quantitative estimate of drug-likeness (QED) is 0.643. The van der Waals surface area contributed by atoms with Crippen LogP contribution in [0.2, 0.25) is 0 Å². The molecule has 0 aliphatic rings. The highest BCUT2D eigenvalue weighted by Gasteiger charge is 2.12. The number of carbonyl (C=O) groups is 1. The second-order valence-corrected chi connectivity index (χ2v) is 4.32. The summed E-state index contributed by atoms with van der Waals surface area (Å²) in [6.07, 6.45) is 0. The summed E-state index contributed by atoms with van der Waals surface area (Å²) in [5, 5.41) is 2.54. The number of nitrogens with zero attached hydrogens (tertiary/aromatic N) is 1. The molecule has 2 rings (SSSR count). The van der Waals surface area contributed by atoms with Crippen LogP contribution in [0.3, 0.4) is 0 Å². The number of aryl methyl sites for hydroxylation is 2. The van der Waals surface area contributed by atoms with Gasteiger partial charge in [0.1, 0.15) is 5.82 Å². The number of amides is 1. The summed E-state index contributed by atoms with van der Waals surface area (Å²) in [5.41, 5.74) is 8.51. The standard InChI is InChI=1S/C14H14FN3O/c1-8-6-9(2)11(16)7-10(8)14(19)18-13-5-3-4-12(15)17-13/h3-7H,16H2,1-2H3,(H,17,18,19). The molecule has 5 heteroatoms. The Morgan fingerprint density at radius 1 is 1.26 bits per heavy atom. The number of anilines is 2. The van der Waals surface area contributed by atoms with Crippen molar-refractivity contribution in [3.63, 3.8) is 0 Å². The minimum atomic E-state index is -0.641. The van der Waals surface area contributed by atoms with E-state index in [0.29, 0.717) is 11.3 Å². The zero-order chi connectivity index (χ0) is 14.0. The Morgan fingerprint density at radius 2 is 2.00 bits per heavy atom. The first-order valence-electron chi connectivity index (χ1n) is 5.78. The van der Waals surface area contributed by atoms with E-state index in [1.807, 2.05) is 19.9 Å². The van der Waals surface area contributed by atoms with Crippen LogP contribution < -0.4 is 11.1 Å². The average Bonchev–Trinajstić information content (AvgIpc) is 2.33. The molecule has 0 aliphatic heterocycles. The summed E-state index contributed by atoms with van der Waals surface area (Å²) < 4.78 is 12.9. The molecule has 4 nitrogen and oxygen atoms in total. The molecule has 19 heavy (non-hydrogen) atoms. The zero-order valence-electron chi connectivity index (χ0n) is 10.7.